The summed E-state index contributed by atoms with van der Waals surface area (Å²) in [7, 11) is 0. The van der Waals surface area contributed by atoms with E-state index in [1.165, 1.54) is 0 Å². The summed E-state index contributed by atoms with van der Waals surface area (Å²) in [6.07, 6.45) is 0.909. The molecular formula is C7H11BrO2. The molecule has 0 heterocycles. The normalized spacial score (nSPS) is 37.3. The van der Waals surface area contributed by atoms with Gasteiger partial charge in [0.1, 0.15) is 0 Å². The van der Waals surface area contributed by atoms with Crippen molar-refractivity contribution in [3.8, 4) is 0 Å². The second-order valence-corrected chi connectivity index (χ2v) is 4.60. The van der Waals surface area contributed by atoms with Crippen molar-refractivity contribution in [1.29, 1.82) is 0 Å². The van der Waals surface area contributed by atoms with E-state index >= 15 is 0 Å². The summed E-state index contributed by atoms with van der Waals surface area (Å²) in [5, 5.41) is 0. The molecule has 0 radical (unpaired) electrons. The van der Waals surface area contributed by atoms with Gasteiger partial charge in [-0.2, -0.15) is 0 Å². The van der Waals surface area contributed by atoms with Crippen LogP contribution in [-0.2, 0) is 9.53 Å². The number of halogens is 1. The third-order valence-corrected chi connectivity index (χ3v) is 2.62. The number of carbonyl (C=O) groups is 1. The van der Waals surface area contributed by atoms with Crippen LogP contribution >= 0.6 is 15.9 Å². The first-order chi connectivity index (χ1) is 4.58. The Labute approximate surface area is 69.1 Å². The van der Waals surface area contributed by atoms with Gasteiger partial charge in [0.2, 0.25) is 0 Å². The third-order valence-electron chi connectivity index (χ3n) is 1.74. The monoisotopic (exact) mass is 206 g/mol. The van der Waals surface area contributed by atoms with E-state index < -0.39 is 0 Å². The number of esters is 1. The lowest BCUT2D eigenvalue weighted by Gasteiger charge is -2.00. The van der Waals surface area contributed by atoms with E-state index in [0.717, 1.165) is 6.42 Å². The summed E-state index contributed by atoms with van der Waals surface area (Å²) in [4.78, 5) is 11.0. The topological polar surface area (TPSA) is 26.3 Å². The van der Waals surface area contributed by atoms with Gasteiger partial charge in [-0.05, 0) is 20.3 Å². The van der Waals surface area contributed by atoms with E-state index in [9.17, 15) is 4.79 Å². The second kappa shape index (κ2) is 2.53. The molecule has 0 amide bonds. The molecule has 0 spiro atoms. The highest BCUT2D eigenvalue weighted by molar-refractivity contribution is 9.10. The molecule has 3 heteroatoms. The van der Waals surface area contributed by atoms with Crippen molar-refractivity contribution in [3.05, 3.63) is 0 Å². The number of ether oxygens (including phenoxy) is 1. The lowest BCUT2D eigenvalue weighted by atomic mass is 10.3. The van der Waals surface area contributed by atoms with Crippen molar-refractivity contribution in [1.82, 2.24) is 0 Å². The zero-order valence-corrected chi connectivity index (χ0v) is 7.77. The van der Waals surface area contributed by atoms with Gasteiger partial charge >= 0.3 is 5.97 Å². The molecule has 2 nitrogen and oxygen atoms in total. The molecule has 1 aliphatic rings. The van der Waals surface area contributed by atoms with Gasteiger partial charge in [0, 0.05) is 4.32 Å². The largest absolute Gasteiger partial charge is 0.466 e. The average Bonchev–Trinajstić information content (AvgIpc) is 2.41. The van der Waals surface area contributed by atoms with Crippen molar-refractivity contribution >= 4 is 21.9 Å². The first-order valence-electron chi connectivity index (χ1n) is 3.43. The fourth-order valence-corrected chi connectivity index (χ4v) is 1.42. The van der Waals surface area contributed by atoms with E-state index in [0.29, 0.717) is 6.61 Å². The van der Waals surface area contributed by atoms with Crippen LogP contribution in [-0.4, -0.2) is 16.9 Å². The molecule has 1 fully saturated rings. The first kappa shape index (κ1) is 8.05. The zero-order chi connectivity index (χ0) is 7.78. The van der Waals surface area contributed by atoms with E-state index in [1.54, 1.807) is 0 Å². The van der Waals surface area contributed by atoms with Gasteiger partial charge in [-0.1, -0.05) is 15.9 Å². The first-order valence-corrected chi connectivity index (χ1v) is 4.23. The molecule has 0 unspecified atom stereocenters. The average molecular weight is 207 g/mol. The standard InChI is InChI=1S/C7H11BrO2/c1-3-10-6(9)5-4-7(5,2)8/h5H,3-4H2,1-2H3/t5-,7+/m1/s1. The summed E-state index contributed by atoms with van der Waals surface area (Å²) >= 11 is 3.42. The molecule has 0 bridgehead atoms. The Morgan fingerprint density at radius 3 is 2.70 bits per heavy atom. The SMILES string of the molecule is CCOC(=O)[C@H]1C[C@]1(C)Br. The Morgan fingerprint density at radius 2 is 2.40 bits per heavy atom. The molecule has 0 saturated heterocycles. The van der Waals surface area contributed by atoms with Gasteiger partial charge in [-0.15, -0.1) is 0 Å². The Hall–Kier alpha value is -0.0500. The summed E-state index contributed by atoms with van der Waals surface area (Å²) < 4.78 is 4.86. The van der Waals surface area contributed by atoms with Gasteiger partial charge in [0.15, 0.2) is 0 Å². The fraction of sp³-hybridized carbons (Fsp3) is 0.857. The van der Waals surface area contributed by atoms with Crippen LogP contribution in [0.15, 0.2) is 0 Å². The maximum absolute atomic E-state index is 11.0. The van der Waals surface area contributed by atoms with E-state index in [4.69, 9.17) is 4.74 Å². The highest BCUT2D eigenvalue weighted by atomic mass is 79.9. The van der Waals surface area contributed by atoms with Crippen LogP contribution in [0.4, 0.5) is 0 Å². The van der Waals surface area contributed by atoms with E-state index in [-0.39, 0.29) is 16.2 Å². The Kier molecular flexibility index (Phi) is 2.04. The van der Waals surface area contributed by atoms with Gasteiger partial charge in [0.25, 0.3) is 0 Å². The lowest BCUT2D eigenvalue weighted by Crippen LogP contribution is -2.10. The molecule has 0 N–H and O–H groups in total. The van der Waals surface area contributed by atoms with Crippen LogP contribution in [0.2, 0.25) is 0 Å². The molecule has 58 valence electrons. The Bertz CT molecular complexity index is 154. The quantitative estimate of drug-likeness (QED) is 0.509. The van der Waals surface area contributed by atoms with Crippen LogP contribution in [0, 0.1) is 5.92 Å². The van der Waals surface area contributed by atoms with Gasteiger partial charge < -0.3 is 4.74 Å². The Morgan fingerprint density at radius 1 is 1.90 bits per heavy atom. The Balaban J connectivity index is 2.33. The van der Waals surface area contributed by atoms with Gasteiger partial charge in [0.05, 0.1) is 12.5 Å². The predicted molar refractivity (Wildman–Crippen MR) is 42.1 cm³/mol. The molecule has 1 saturated carbocycles. The minimum absolute atomic E-state index is 0.0270. The molecule has 1 aliphatic carbocycles. The summed E-state index contributed by atoms with van der Waals surface area (Å²) in [6, 6.07) is 0. The lowest BCUT2D eigenvalue weighted by molar-refractivity contribution is -0.144. The fourth-order valence-electron chi connectivity index (χ4n) is 0.912. The summed E-state index contributed by atoms with van der Waals surface area (Å²) in [5.41, 5.74) is 0. The second-order valence-electron chi connectivity index (χ2n) is 2.79. The molecule has 0 aromatic carbocycles. The van der Waals surface area contributed by atoms with E-state index in [1.807, 2.05) is 13.8 Å². The molecule has 0 aromatic rings. The maximum Gasteiger partial charge on any atom is 0.310 e. The maximum atomic E-state index is 11.0. The van der Waals surface area contributed by atoms with Crippen molar-refractivity contribution < 1.29 is 9.53 Å². The number of rotatable bonds is 2. The minimum Gasteiger partial charge on any atom is -0.466 e. The molecule has 10 heavy (non-hydrogen) atoms. The smallest absolute Gasteiger partial charge is 0.310 e. The zero-order valence-electron chi connectivity index (χ0n) is 6.19. The van der Waals surface area contributed by atoms with Gasteiger partial charge in [-0.25, -0.2) is 0 Å². The summed E-state index contributed by atoms with van der Waals surface area (Å²) in [5.74, 6) is 0.0225. The van der Waals surface area contributed by atoms with Crippen LogP contribution in [0.3, 0.4) is 0 Å². The minimum atomic E-state index is -0.0677. The highest BCUT2D eigenvalue weighted by Crippen LogP contribution is 2.51. The van der Waals surface area contributed by atoms with Crippen LogP contribution in [0.25, 0.3) is 0 Å². The molecular weight excluding hydrogens is 196 g/mol. The number of hydrogen-bond donors (Lipinski definition) is 0. The number of carbonyl (C=O) groups excluding carboxylic acids is 1. The molecule has 1 rings (SSSR count). The van der Waals surface area contributed by atoms with Gasteiger partial charge in [-0.3, -0.25) is 4.79 Å². The summed E-state index contributed by atoms with van der Waals surface area (Å²) in [6.45, 7) is 4.32. The third kappa shape index (κ3) is 1.51. The predicted octanol–water partition coefficient (Wildman–Crippen LogP) is 1.72. The number of hydrogen-bond acceptors (Lipinski definition) is 2. The number of alkyl halides is 1. The van der Waals surface area contributed by atoms with E-state index in [2.05, 4.69) is 15.9 Å². The highest BCUT2D eigenvalue weighted by Gasteiger charge is 2.53. The van der Waals surface area contributed by atoms with Crippen molar-refractivity contribution in [2.45, 2.75) is 24.6 Å². The molecule has 0 aliphatic heterocycles. The van der Waals surface area contributed by atoms with Crippen LogP contribution < -0.4 is 0 Å². The van der Waals surface area contributed by atoms with Crippen molar-refractivity contribution in [2.75, 3.05) is 6.61 Å². The van der Waals surface area contributed by atoms with Crippen molar-refractivity contribution in [2.24, 2.45) is 5.92 Å². The van der Waals surface area contributed by atoms with Crippen LogP contribution in [0.5, 0.6) is 0 Å². The van der Waals surface area contributed by atoms with Crippen LogP contribution in [0.1, 0.15) is 20.3 Å². The molecule has 0 aromatic heterocycles. The van der Waals surface area contributed by atoms with Crippen molar-refractivity contribution in [3.63, 3.8) is 0 Å². The molecule has 2 atom stereocenters.